The summed E-state index contributed by atoms with van der Waals surface area (Å²) in [6.45, 7) is 14.4. The lowest BCUT2D eigenvalue weighted by Gasteiger charge is -2.63. The first-order valence-corrected chi connectivity index (χ1v) is 20.8. The van der Waals surface area contributed by atoms with Crippen LogP contribution in [-0.2, 0) is 9.59 Å². The van der Waals surface area contributed by atoms with Gasteiger partial charge in [-0.05, 0) is 79.8 Å². The molecule has 0 bridgehead atoms. The number of carbonyl (C=O) groups excluding carboxylic acids is 5. The molecule has 0 unspecified atom stereocenters. The summed E-state index contributed by atoms with van der Waals surface area (Å²) in [4.78, 5) is 68.4. The van der Waals surface area contributed by atoms with E-state index in [1.54, 1.807) is 24.3 Å². The van der Waals surface area contributed by atoms with Crippen molar-refractivity contribution in [3.05, 3.63) is 83.2 Å². The number of anilines is 2. The van der Waals surface area contributed by atoms with Gasteiger partial charge in [-0.3, -0.25) is 34.2 Å². The molecule has 15 heteroatoms. The van der Waals surface area contributed by atoms with Gasteiger partial charge in [0, 0.05) is 92.1 Å². The van der Waals surface area contributed by atoms with Gasteiger partial charge in [0.25, 0.3) is 17.7 Å². The highest BCUT2D eigenvalue weighted by molar-refractivity contribution is 6.04. The number of carbonyl (C=O) groups is 5. The highest BCUT2D eigenvalue weighted by Crippen LogP contribution is 2.55. The summed E-state index contributed by atoms with van der Waals surface area (Å²) in [5, 5.41) is 8.01. The topological polar surface area (TPSA) is 176 Å². The van der Waals surface area contributed by atoms with Crippen molar-refractivity contribution in [1.82, 2.24) is 20.9 Å². The van der Waals surface area contributed by atoms with Gasteiger partial charge in [-0.25, -0.2) is 4.39 Å². The molecule has 3 heterocycles. The maximum atomic E-state index is 15.1. The van der Waals surface area contributed by atoms with Crippen LogP contribution in [0.4, 0.5) is 15.8 Å². The van der Waals surface area contributed by atoms with Crippen LogP contribution in [0.25, 0.3) is 0 Å². The van der Waals surface area contributed by atoms with Gasteiger partial charge in [0.15, 0.2) is 0 Å². The number of nitrogens with two attached hydrogens (primary N) is 1. The molecule has 3 aliphatic heterocycles. The molecule has 1 aliphatic carbocycles. The second-order valence-corrected chi connectivity index (χ2v) is 17.7. The Kier molecular flexibility index (Phi) is 12.1. The summed E-state index contributed by atoms with van der Waals surface area (Å²) in [6, 6.07) is 16.4. The van der Waals surface area contributed by atoms with Crippen molar-refractivity contribution in [2.24, 2.45) is 22.5 Å². The average molecular weight is 826 g/mol. The summed E-state index contributed by atoms with van der Waals surface area (Å²) in [7, 11) is 1.48. The molecule has 0 aromatic heterocycles. The number of methoxy groups -OCH3 is 1. The molecule has 0 radical (unpaired) electrons. The number of primary amides is 1. The number of amides is 5. The monoisotopic (exact) mass is 825 g/mol. The zero-order valence-corrected chi connectivity index (χ0v) is 35.0. The van der Waals surface area contributed by atoms with Crippen molar-refractivity contribution in [1.29, 1.82) is 0 Å². The first-order valence-electron chi connectivity index (χ1n) is 20.8. The van der Waals surface area contributed by atoms with Crippen LogP contribution in [-0.4, -0.2) is 106 Å². The second-order valence-electron chi connectivity index (χ2n) is 17.7. The van der Waals surface area contributed by atoms with E-state index in [0.29, 0.717) is 28.7 Å². The van der Waals surface area contributed by atoms with Gasteiger partial charge in [0.2, 0.25) is 11.8 Å². The maximum absolute atomic E-state index is 15.1. The number of nitrogens with zero attached hydrogens (tertiary/aromatic N) is 3. The van der Waals surface area contributed by atoms with E-state index in [9.17, 15) is 24.0 Å². The molecule has 1 atom stereocenters. The Hall–Kier alpha value is -5.70. The van der Waals surface area contributed by atoms with Crippen molar-refractivity contribution in [3.63, 3.8) is 0 Å². The number of hydrogen-bond acceptors (Lipinski definition) is 10. The van der Waals surface area contributed by atoms with Crippen LogP contribution in [0.2, 0.25) is 0 Å². The van der Waals surface area contributed by atoms with Gasteiger partial charge >= 0.3 is 0 Å². The SMILES string of the molecule is COc1cc(OC2C(C)(C)C(NC(=O)c3ccc(N4CCC(CN5CCN(c6ccc(C(=O)N[C@H]7CCC(=O)NC7=O)c(F)c6)CC5)CC4)cc3)C2(C)C)ccc1C(N)=O. The third-order valence-electron chi connectivity index (χ3n) is 12.9. The zero-order chi connectivity index (χ0) is 42.9. The number of imide groups is 1. The predicted molar refractivity (Wildman–Crippen MR) is 225 cm³/mol. The van der Waals surface area contributed by atoms with Crippen LogP contribution < -0.4 is 41.0 Å². The number of nitrogens with one attached hydrogen (secondary N) is 3. The summed E-state index contributed by atoms with van der Waals surface area (Å²) >= 11 is 0. The van der Waals surface area contributed by atoms with Crippen molar-refractivity contribution in [2.45, 2.75) is 71.6 Å². The Morgan fingerprint density at radius 3 is 2.05 bits per heavy atom. The minimum atomic E-state index is -0.867. The standard InChI is InChI=1S/C45H56FN7O7/c1-44(2)42(45(3,4)43(44)60-31-11-13-33(38(47)55)36(25-31)59-5)50-39(56)28-6-8-29(9-7-28)52-18-16-27(17-19-52)26-51-20-22-53(23-21-51)30-10-12-32(34(46)24-30)40(57)48-35-14-15-37(54)49-41(35)58/h6-13,24-25,27,35,42-43H,14-23,26H2,1-5H3,(H2,47,55)(H,48,57)(H,50,56)(H,49,54,58)/t35-,42?,43?/m0/s1. The van der Waals surface area contributed by atoms with E-state index in [2.05, 4.69) is 58.3 Å². The van der Waals surface area contributed by atoms with Gasteiger partial charge in [0.1, 0.15) is 29.5 Å². The van der Waals surface area contributed by atoms with E-state index in [-0.39, 0.29) is 58.8 Å². The molecule has 4 fully saturated rings. The highest BCUT2D eigenvalue weighted by atomic mass is 19.1. The van der Waals surface area contributed by atoms with Gasteiger partial charge < -0.3 is 35.6 Å². The minimum absolute atomic E-state index is 0.123. The maximum Gasteiger partial charge on any atom is 0.254 e. The van der Waals surface area contributed by atoms with Crippen molar-refractivity contribution in [2.75, 3.05) is 62.7 Å². The molecular formula is C45H56FN7O7. The Morgan fingerprint density at radius 2 is 1.43 bits per heavy atom. The fourth-order valence-electron chi connectivity index (χ4n) is 9.80. The average Bonchev–Trinajstić information content (AvgIpc) is 3.23. The molecule has 1 saturated carbocycles. The minimum Gasteiger partial charge on any atom is -0.496 e. The first-order chi connectivity index (χ1) is 28.5. The van der Waals surface area contributed by atoms with Crippen molar-refractivity contribution < 1.29 is 37.8 Å². The number of hydrogen-bond donors (Lipinski definition) is 4. The number of piperidine rings is 2. The number of rotatable bonds is 12. The van der Waals surface area contributed by atoms with E-state index in [0.717, 1.165) is 64.3 Å². The Labute approximate surface area is 350 Å². The van der Waals surface area contributed by atoms with E-state index in [1.807, 2.05) is 24.3 Å². The molecule has 5 amide bonds. The van der Waals surface area contributed by atoms with Gasteiger partial charge in [-0.2, -0.15) is 0 Å². The van der Waals surface area contributed by atoms with E-state index in [1.165, 1.54) is 19.2 Å². The van der Waals surface area contributed by atoms with Gasteiger partial charge in [0.05, 0.1) is 18.2 Å². The molecular weight excluding hydrogens is 770 g/mol. The number of ether oxygens (including phenoxy) is 2. The fourth-order valence-corrected chi connectivity index (χ4v) is 9.80. The van der Waals surface area contributed by atoms with Crippen molar-refractivity contribution in [3.8, 4) is 11.5 Å². The lowest BCUT2D eigenvalue weighted by Crippen LogP contribution is -2.74. The van der Waals surface area contributed by atoms with Crippen LogP contribution in [0.1, 0.15) is 84.5 Å². The number of piperazine rings is 1. The third-order valence-corrected chi connectivity index (χ3v) is 12.9. The van der Waals surface area contributed by atoms with Crippen LogP contribution >= 0.6 is 0 Å². The zero-order valence-electron chi connectivity index (χ0n) is 35.0. The molecule has 3 aromatic carbocycles. The molecule has 14 nitrogen and oxygen atoms in total. The Balaban J connectivity index is 0.845. The quantitative estimate of drug-likeness (QED) is 0.195. The normalized spacial score (nSPS) is 22.9. The van der Waals surface area contributed by atoms with E-state index < -0.39 is 29.6 Å². The number of benzene rings is 3. The van der Waals surface area contributed by atoms with Crippen LogP contribution in [0.15, 0.2) is 60.7 Å². The number of halogens is 1. The summed E-state index contributed by atoms with van der Waals surface area (Å²) in [5.74, 6) is -1.52. The van der Waals surface area contributed by atoms with Crippen molar-refractivity contribution >= 4 is 40.9 Å². The molecule has 60 heavy (non-hydrogen) atoms. The Bertz CT molecular complexity index is 2110. The lowest BCUT2D eigenvalue weighted by molar-refractivity contribution is -0.164. The molecule has 4 aliphatic rings. The second kappa shape index (κ2) is 17.1. The van der Waals surface area contributed by atoms with Crippen LogP contribution in [0.3, 0.4) is 0 Å². The summed E-state index contributed by atoms with van der Waals surface area (Å²) in [6.07, 6.45) is 2.22. The largest absolute Gasteiger partial charge is 0.496 e. The molecule has 5 N–H and O–H groups in total. The van der Waals surface area contributed by atoms with Crippen LogP contribution in [0.5, 0.6) is 11.5 Å². The molecule has 7 rings (SSSR count). The van der Waals surface area contributed by atoms with E-state index in [4.69, 9.17) is 15.2 Å². The smallest absolute Gasteiger partial charge is 0.254 e. The lowest BCUT2D eigenvalue weighted by atomic mass is 9.49. The molecule has 320 valence electrons. The molecule has 0 spiro atoms. The van der Waals surface area contributed by atoms with Crippen LogP contribution in [0, 0.1) is 22.6 Å². The van der Waals surface area contributed by atoms with Gasteiger partial charge in [-0.1, -0.05) is 27.7 Å². The summed E-state index contributed by atoms with van der Waals surface area (Å²) in [5.41, 5.74) is 7.26. The van der Waals surface area contributed by atoms with Gasteiger partial charge in [-0.15, -0.1) is 0 Å². The fraction of sp³-hybridized carbons (Fsp3) is 0.489. The Morgan fingerprint density at radius 1 is 0.800 bits per heavy atom. The molecule has 3 saturated heterocycles. The van der Waals surface area contributed by atoms with E-state index >= 15 is 4.39 Å². The first kappa shape index (κ1) is 42.4. The third kappa shape index (κ3) is 8.77. The summed E-state index contributed by atoms with van der Waals surface area (Å²) < 4.78 is 26.9. The predicted octanol–water partition coefficient (Wildman–Crippen LogP) is 4.12. The highest BCUT2D eigenvalue weighted by Gasteiger charge is 2.64. The molecule has 3 aromatic rings.